The number of hydrogen-bond donors (Lipinski definition) is 2. The third-order valence-electron chi connectivity index (χ3n) is 4.87. The molecule has 1 saturated heterocycles. The largest absolute Gasteiger partial charge is 0.507 e. The molecule has 0 saturated carbocycles. The zero-order valence-electron chi connectivity index (χ0n) is 15.3. The minimum Gasteiger partial charge on any atom is -0.507 e. The van der Waals surface area contributed by atoms with E-state index in [0.717, 1.165) is 31.9 Å². The minimum atomic E-state index is -0.134. The molecule has 0 bridgehead atoms. The Kier molecular flexibility index (Phi) is 5.14. The van der Waals surface area contributed by atoms with Gasteiger partial charge in [-0.15, -0.1) is 0 Å². The number of amides is 1. The molecule has 0 spiro atoms. The Labute approximate surface area is 163 Å². The number of para-hydroxylation sites is 1. The molecule has 28 heavy (non-hydrogen) atoms. The van der Waals surface area contributed by atoms with Gasteiger partial charge in [0.1, 0.15) is 5.75 Å². The predicted molar refractivity (Wildman–Crippen MR) is 106 cm³/mol. The molecule has 0 unspecified atom stereocenters. The Hall–Kier alpha value is -3.48. The summed E-state index contributed by atoms with van der Waals surface area (Å²) in [5.74, 6) is 0.767. The van der Waals surface area contributed by atoms with Crippen molar-refractivity contribution in [2.75, 3.05) is 18.0 Å². The molecule has 3 aromatic rings. The molecule has 1 aliphatic heterocycles. The second-order valence-corrected chi connectivity index (χ2v) is 6.73. The molecule has 1 amide bonds. The van der Waals surface area contributed by atoms with Crippen molar-refractivity contribution >= 4 is 11.9 Å². The number of piperidine rings is 1. The average Bonchev–Trinajstić information content (AvgIpc) is 2.75. The quantitative estimate of drug-likeness (QED) is 0.728. The molecular weight excluding hydrogens is 354 g/mol. The normalized spacial score (nSPS) is 14.6. The molecule has 2 N–H and O–H groups in total. The van der Waals surface area contributed by atoms with Crippen molar-refractivity contribution in [2.24, 2.45) is 0 Å². The number of pyridine rings is 1. The fourth-order valence-electron chi connectivity index (χ4n) is 3.32. The van der Waals surface area contributed by atoms with E-state index in [4.69, 9.17) is 0 Å². The lowest BCUT2D eigenvalue weighted by Gasteiger charge is -2.32. The van der Waals surface area contributed by atoms with Crippen molar-refractivity contribution < 1.29 is 9.90 Å². The number of benzene rings is 1. The first kappa shape index (κ1) is 17.9. The number of anilines is 1. The lowest BCUT2D eigenvalue weighted by Crippen LogP contribution is -2.45. The highest BCUT2D eigenvalue weighted by Gasteiger charge is 2.22. The van der Waals surface area contributed by atoms with Crippen molar-refractivity contribution in [3.8, 4) is 17.0 Å². The maximum absolute atomic E-state index is 12.5. The van der Waals surface area contributed by atoms with Crippen LogP contribution in [0.25, 0.3) is 11.3 Å². The summed E-state index contributed by atoms with van der Waals surface area (Å²) < 4.78 is 0. The van der Waals surface area contributed by atoms with Crippen LogP contribution in [0.5, 0.6) is 5.75 Å². The van der Waals surface area contributed by atoms with E-state index >= 15 is 0 Å². The van der Waals surface area contributed by atoms with Gasteiger partial charge in [-0.1, -0.05) is 12.1 Å². The van der Waals surface area contributed by atoms with Gasteiger partial charge in [0.2, 0.25) is 5.95 Å². The van der Waals surface area contributed by atoms with Crippen LogP contribution >= 0.6 is 0 Å². The summed E-state index contributed by atoms with van der Waals surface area (Å²) in [5, 5.41) is 13.0. The number of phenols is 1. The van der Waals surface area contributed by atoms with E-state index in [0.29, 0.717) is 16.8 Å². The van der Waals surface area contributed by atoms with Gasteiger partial charge >= 0.3 is 0 Å². The maximum Gasteiger partial charge on any atom is 0.253 e. The lowest BCUT2D eigenvalue weighted by atomic mass is 10.0. The van der Waals surface area contributed by atoms with Crippen LogP contribution in [-0.4, -0.2) is 45.1 Å². The molecule has 0 aliphatic carbocycles. The second kappa shape index (κ2) is 8.04. The highest BCUT2D eigenvalue weighted by atomic mass is 16.3. The first-order chi connectivity index (χ1) is 13.7. The summed E-state index contributed by atoms with van der Waals surface area (Å²) in [7, 11) is 0. The summed E-state index contributed by atoms with van der Waals surface area (Å²) in [5.41, 5.74) is 1.78. The summed E-state index contributed by atoms with van der Waals surface area (Å²) >= 11 is 0. The Bertz CT molecular complexity index is 939. The molecule has 3 heterocycles. The minimum absolute atomic E-state index is 0.116. The number of carbonyl (C=O) groups is 1. The summed E-state index contributed by atoms with van der Waals surface area (Å²) in [4.78, 5) is 27.6. The summed E-state index contributed by atoms with van der Waals surface area (Å²) in [6.45, 7) is 1.61. The van der Waals surface area contributed by atoms with Crippen LogP contribution < -0.4 is 10.2 Å². The fraction of sp³-hybridized carbons (Fsp3) is 0.238. The predicted octanol–water partition coefficient (Wildman–Crippen LogP) is 2.64. The molecule has 1 fully saturated rings. The lowest BCUT2D eigenvalue weighted by molar-refractivity contribution is 0.0930. The van der Waals surface area contributed by atoms with Crippen LogP contribution in [0, 0.1) is 0 Å². The van der Waals surface area contributed by atoms with Crippen molar-refractivity contribution in [3.05, 3.63) is 66.6 Å². The molecule has 0 radical (unpaired) electrons. The number of carbonyl (C=O) groups excluding carboxylic acids is 1. The molecule has 4 rings (SSSR count). The second-order valence-electron chi connectivity index (χ2n) is 6.73. The van der Waals surface area contributed by atoms with Gasteiger partial charge in [-0.2, -0.15) is 0 Å². The van der Waals surface area contributed by atoms with E-state index < -0.39 is 0 Å². The third kappa shape index (κ3) is 3.93. The van der Waals surface area contributed by atoms with E-state index in [9.17, 15) is 9.90 Å². The zero-order valence-corrected chi connectivity index (χ0v) is 15.3. The highest BCUT2D eigenvalue weighted by molar-refractivity contribution is 5.94. The Balaban J connectivity index is 1.35. The number of phenolic OH excluding ortho intramolecular Hbond substituents is 1. The van der Waals surface area contributed by atoms with E-state index in [1.54, 1.807) is 55.0 Å². The molecule has 1 aliphatic rings. The first-order valence-corrected chi connectivity index (χ1v) is 9.28. The van der Waals surface area contributed by atoms with Gasteiger partial charge in [0.25, 0.3) is 5.91 Å². The van der Waals surface area contributed by atoms with Crippen LogP contribution in [0.3, 0.4) is 0 Å². The number of aromatic nitrogens is 3. The third-order valence-corrected chi connectivity index (χ3v) is 4.87. The van der Waals surface area contributed by atoms with Crippen LogP contribution in [0.15, 0.2) is 61.1 Å². The first-order valence-electron chi connectivity index (χ1n) is 9.28. The molecule has 0 atom stereocenters. The number of hydrogen-bond acceptors (Lipinski definition) is 6. The van der Waals surface area contributed by atoms with Crippen LogP contribution in [0.2, 0.25) is 0 Å². The van der Waals surface area contributed by atoms with Crippen LogP contribution in [0.4, 0.5) is 5.95 Å². The van der Waals surface area contributed by atoms with Gasteiger partial charge in [-0.3, -0.25) is 9.78 Å². The molecule has 7 nitrogen and oxygen atoms in total. The van der Waals surface area contributed by atoms with E-state index in [1.807, 2.05) is 6.07 Å². The van der Waals surface area contributed by atoms with Crippen molar-refractivity contribution in [3.63, 3.8) is 0 Å². The van der Waals surface area contributed by atoms with Crippen LogP contribution in [0.1, 0.15) is 23.2 Å². The number of rotatable bonds is 4. The van der Waals surface area contributed by atoms with E-state index in [-0.39, 0.29) is 17.7 Å². The molecular formula is C21H21N5O2. The molecule has 7 heteroatoms. The number of aromatic hydroxyl groups is 1. The van der Waals surface area contributed by atoms with Gasteiger partial charge in [-0.25, -0.2) is 9.97 Å². The molecule has 1 aromatic carbocycles. The fourth-order valence-corrected chi connectivity index (χ4v) is 3.32. The Morgan fingerprint density at radius 1 is 1.00 bits per heavy atom. The summed E-state index contributed by atoms with van der Waals surface area (Å²) in [6.07, 6.45) is 6.70. The topological polar surface area (TPSA) is 91.2 Å². The number of nitrogens with one attached hydrogen (secondary N) is 1. The van der Waals surface area contributed by atoms with Crippen molar-refractivity contribution in [1.29, 1.82) is 0 Å². The van der Waals surface area contributed by atoms with Crippen LogP contribution in [-0.2, 0) is 0 Å². The van der Waals surface area contributed by atoms with Crippen molar-refractivity contribution in [1.82, 2.24) is 20.3 Å². The number of nitrogens with zero attached hydrogens (tertiary/aromatic N) is 4. The molecule has 2 aromatic heterocycles. The maximum atomic E-state index is 12.5. The summed E-state index contributed by atoms with van der Waals surface area (Å²) in [6, 6.07) is 12.4. The van der Waals surface area contributed by atoms with Gasteiger partial charge in [0, 0.05) is 43.3 Å². The van der Waals surface area contributed by atoms with Gasteiger partial charge in [0.05, 0.1) is 11.3 Å². The Morgan fingerprint density at radius 2 is 1.75 bits per heavy atom. The molecule has 142 valence electrons. The van der Waals surface area contributed by atoms with Crippen molar-refractivity contribution in [2.45, 2.75) is 18.9 Å². The monoisotopic (exact) mass is 375 g/mol. The van der Waals surface area contributed by atoms with E-state index in [2.05, 4.69) is 25.2 Å². The smallest absolute Gasteiger partial charge is 0.253 e. The highest BCUT2D eigenvalue weighted by Crippen LogP contribution is 2.26. The Morgan fingerprint density at radius 3 is 2.43 bits per heavy atom. The van der Waals surface area contributed by atoms with Gasteiger partial charge < -0.3 is 15.3 Å². The van der Waals surface area contributed by atoms with E-state index in [1.165, 1.54) is 0 Å². The SMILES string of the molecule is O=C(NC1CCN(c2ncccn2)CC1)c1ccc(-c2ccccc2O)nc1. The zero-order chi connectivity index (χ0) is 19.3. The average molecular weight is 375 g/mol. The van der Waals surface area contributed by atoms with Gasteiger partial charge in [0.15, 0.2) is 0 Å². The standard InChI is InChI=1S/C21H21N5O2/c27-19-5-2-1-4-17(19)18-7-6-15(14-24-18)20(28)25-16-8-12-26(13-9-16)21-22-10-3-11-23-21/h1-7,10-11,14,16,27H,8-9,12-13H2,(H,25,28). The van der Waals surface area contributed by atoms with Gasteiger partial charge in [-0.05, 0) is 43.2 Å².